The average molecular weight is 282 g/mol. The Bertz CT molecular complexity index is 336. The lowest BCUT2D eigenvalue weighted by atomic mass is 10.1. The van der Waals surface area contributed by atoms with Crippen molar-refractivity contribution in [2.75, 3.05) is 0 Å². The molecule has 1 aromatic carbocycles. The molecule has 0 aliphatic heterocycles. The number of hydrogen-bond donors (Lipinski definition) is 0. The Morgan fingerprint density at radius 2 is 1.92 bits per heavy atom. The molecule has 0 bridgehead atoms. The van der Waals surface area contributed by atoms with E-state index in [-0.39, 0.29) is 9.13 Å². The average Bonchev–Trinajstić information content (AvgIpc) is 2.00. The fourth-order valence-electron chi connectivity index (χ4n) is 0.798. The van der Waals surface area contributed by atoms with Gasteiger partial charge in [0, 0.05) is 0 Å². The summed E-state index contributed by atoms with van der Waals surface area (Å²) in [6, 6.07) is 2.65. The Hall–Kier alpha value is -0.520. The molecule has 1 rings (SSSR count). The first-order chi connectivity index (χ1) is 5.54. The number of halogens is 3. The van der Waals surface area contributed by atoms with Gasteiger partial charge in [0.1, 0.15) is 0 Å². The van der Waals surface area contributed by atoms with Crippen molar-refractivity contribution < 1.29 is 13.6 Å². The van der Waals surface area contributed by atoms with Crippen LogP contribution in [-0.2, 0) is 0 Å². The first kappa shape index (κ1) is 9.57. The lowest BCUT2D eigenvalue weighted by Crippen LogP contribution is -2.01. The smallest absolute Gasteiger partial charge is 0.172 e. The Morgan fingerprint density at radius 1 is 1.33 bits per heavy atom. The van der Waals surface area contributed by atoms with Gasteiger partial charge in [0.15, 0.2) is 17.4 Å². The highest BCUT2D eigenvalue weighted by Gasteiger charge is 2.13. The third-order valence-corrected chi connectivity index (χ3v) is 2.25. The van der Waals surface area contributed by atoms with Gasteiger partial charge in [0.05, 0.1) is 9.13 Å². The number of carbonyl (C=O) groups is 1. The van der Waals surface area contributed by atoms with E-state index in [4.69, 9.17) is 0 Å². The van der Waals surface area contributed by atoms with Crippen molar-refractivity contribution in [3.63, 3.8) is 0 Å². The number of hydrogen-bond acceptors (Lipinski definition) is 1. The van der Waals surface area contributed by atoms with Crippen molar-refractivity contribution in [2.45, 2.75) is 6.92 Å². The van der Waals surface area contributed by atoms with E-state index in [0.29, 0.717) is 0 Å². The standard InChI is InChI=1S/C8H5F2IO/c1-4(12)5-2-3-6(11)8(10)7(5)9/h2-3H,1H3. The zero-order valence-electron chi connectivity index (χ0n) is 6.20. The summed E-state index contributed by atoms with van der Waals surface area (Å²) in [5.74, 6) is -2.49. The highest BCUT2D eigenvalue weighted by molar-refractivity contribution is 14.1. The second-order valence-electron chi connectivity index (χ2n) is 2.28. The van der Waals surface area contributed by atoms with Crippen LogP contribution in [0.2, 0.25) is 0 Å². The SMILES string of the molecule is CC(=O)c1ccc(I)c(F)c1F. The Kier molecular flexibility index (Phi) is 2.76. The third-order valence-electron chi connectivity index (χ3n) is 1.41. The second-order valence-corrected chi connectivity index (χ2v) is 3.44. The summed E-state index contributed by atoms with van der Waals surface area (Å²) in [7, 11) is 0. The highest BCUT2D eigenvalue weighted by atomic mass is 127. The highest BCUT2D eigenvalue weighted by Crippen LogP contribution is 2.17. The molecule has 0 amide bonds. The molecule has 0 aromatic heterocycles. The van der Waals surface area contributed by atoms with Crippen molar-refractivity contribution in [2.24, 2.45) is 0 Å². The van der Waals surface area contributed by atoms with Crippen LogP contribution in [-0.4, -0.2) is 5.78 Å². The first-order valence-electron chi connectivity index (χ1n) is 3.18. The summed E-state index contributed by atoms with van der Waals surface area (Å²) in [4.78, 5) is 10.7. The lowest BCUT2D eigenvalue weighted by molar-refractivity contribution is 0.101. The van der Waals surface area contributed by atoms with Crippen LogP contribution in [0.25, 0.3) is 0 Å². The van der Waals surface area contributed by atoms with E-state index in [1.807, 2.05) is 0 Å². The maximum absolute atomic E-state index is 12.9. The van der Waals surface area contributed by atoms with Crippen LogP contribution in [0.3, 0.4) is 0 Å². The fourth-order valence-corrected chi connectivity index (χ4v) is 1.21. The molecule has 0 fully saturated rings. The van der Waals surface area contributed by atoms with Crippen LogP contribution < -0.4 is 0 Å². The monoisotopic (exact) mass is 282 g/mol. The Balaban J connectivity index is 3.36. The third kappa shape index (κ3) is 1.63. The van der Waals surface area contributed by atoms with Gasteiger partial charge in [-0.1, -0.05) is 0 Å². The molecule has 0 aliphatic rings. The first-order valence-corrected chi connectivity index (χ1v) is 4.26. The van der Waals surface area contributed by atoms with Gasteiger partial charge in [-0.15, -0.1) is 0 Å². The minimum atomic E-state index is -1.06. The number of carbonyl (C=O) groups excluding carboxylic acids is 1. The van der Waals surface area contributed by atoms with E-state index in [9.17, 15) is 13.6 Å². The van der Waals surface area contributed by atoms with Gasteiger partial charge in [-0.05, 0) is 41.6 Å². The van der Waals surface area contributed by atoms with Crippen LogP contribution >= 0.6 is 22.6 Å². The van der Waals surface area contributed by atoms with Gasteiger partial charge in [-0.3, -0.25) is 4.79 Å². The molecule has 0 saturated heterocycles. The summed E-state index contributed by atoms with van der Waals surface area (Å²) in [6.45, 7) is 1.20. The number of benzene rings is 1. The molecule has 0 radical (unpaired) electrons. The van der Waals surface area contributed by atoms with Crippen molar-refractivity contribution in [3.8, 4) is 0 Å². The zero-order chi connectivity index (χ0) is 9.30. The maximum Gasteiger partial charge on any atom is 0.172 e. The second kappa shape index (κ2) is 3.47. The van der Waals surface area contributed by atoms with Gasteiger partial charge >= 0.3 is 0 Å². The molecule has 0 heterocycles. The molecule has 0 atom stereocenters. The van der Waals surface area contributed by atoms with Crippen molar-refractivity contribution in [1.29, 1.82) is 0 Å². The van der Waals surface area contributed by atoms with E-state index in [0.717, 1.165) is 0 Å². The van der Waals surface area contributed by atoms with Gasteiger partial charge in [-0.2, -0.15) is 0 Å². The van der Waals surface area contributed by atoms with Crippen LogP contribution in [0.4, 0.5) is 8.78 Å². The number of rotatable bonds is 1. The van der Waals surface area contributed by atoms with Gasteiger partial charge in [0.2, 0.25) is 0 Å². The minimum Gasteiger partial charge on any atom is -0.294 e. The van der Waals surface area contributed by atoms with Crippen LogP contribution in [0.15, 0.2) is 12.1 Å². The van der Waals surface area contributed by atoms with E-state index >= 15 is 0 Å². The van der Waals surface area contributed by atoms with Gasteiger partial charge in [-0.25, -0.2) is 8.78 Å². The molecule has 64 valence electrons. The van der Waals surface area contributed by atoms with Crippen molar-refractivity contribution in [3.05, 3.63) is 32.9 Å². The number of ketones is 1. The molecule has 1 aromatic rings. The van der Waals surface area contributed by atoms with Crippen molar-refractivity contribution >= 4 is 28.4 Å². The fraction of sp³-hybridized carbons (Fsp3) is 0.125. The van der Waals surface area contributed by atoms with Gasteiger partial charge < -0.3 is 0 Å². The Morgan fingerprint density at radius 3 is 2.42 bits per heavy atom. The molecule has 12 heavy (non-hydrogen) atoms. The summed E-state index contributed by atoms with van der Waals surface area (Å²) >= 11 is 1.66. The minimum absolute atomic E-state index is 0.176. The van der Waals surface area contributed by atoms with E-state index in [1.54, 1.807) is 22.6 Å². The Labute approximate surface area is 81.9 Å². The van der Waals surface area contributed by atoms with E-state index in [2.05, 4.69) is 0 Å². The largest absolute Gasteiger partial charge is 0.294 e. The summed E-state index contributed by atoms with van der Waals surface area (Å²) in [5.41, 5.74) is -0.201. The van der Waals surface area contributed by atoms with Crippen LogP contribution in [0.5, 0.6) is 0 Å². The molecule has 0 aliphatic carbocycles. The molecular weight excluding hydrogens is 277 g/mol. The summed E-state index contributed by atoms with van der Waals surface area (Å²) in [5, 5.41) is 0. The molecule has 0 unspecified atom stereocenters. The topological polar surface area (TPSA) is 17.1 Å². The quantitative estimate of drug-likeness (QED) is 0.440. The van der Waals surface area contributed by atoms with Gasteiger partial charge in [0.25, 0.3) is 0 Å². The van der Waals surface area contributed by atoms with E-state index in [1.165, 1.54) is 19.1 Å². The molecular formula is C8H5F2IO. The lowest BCUT2D eigenvalue weighted by Gasteiger charge is -2.00. The number of Topliss-reactive ketones (excluding diaryl/α,β-unsaturated/α-hetero) is 1. The van der Waals surface area contributed by atoms with Crippen molar-refractivity contribution in [1.82, 2.24) is 0 Å². The predicted octanol–water partition coefficient (Wildman–Crippen LogP) is 2.77. The summed E-state index contributed by atoms with van der Waals surface area (Å²) in [6.07, 6.45) is 0. The predicted molar refractivity (Wildman–Crippen MR) is 49.1 cm³/mol. The van der Waals surface area contributed by atoms with E-state index < -0.39 is 17.4 Å². The van der Waals surface area contributed by atoms with Crippen LogP contribution in [0, 0.1) is 15.2 Å². The maximum atomic E-state index is 12.9. The van der Waals surface area contributed by atoms with Crippen LogP contribution in [0.1, 0.15) is 17.3 Å². The molecule has 0 N–H and O–H groups in total. The molecule has 4 heteroatoms. The molecule has 0 saturated carbocycles. The molecule has 0 spiro atoms. The molecule has 1 nitrogen and oxygen atoms in total. The summed E-state index contributed by atoms with van der Waals surface area (Å²) < 4.78 is 25.9. The zero-order valence-corrected chi connectivity index (χ0v) is 8.35. The normalized spacial score (nSPS) is 10.0.